The molecule has 0 spiro atoms. The summed E-state index contributed by atoms with van der Waals surface area (Å²) in [4.78, 5) is 0. The van der Waals surface area contributed by atoms with Gasteiger partial charge < -0.3 is 13.7 Å². The maximum atomic E-state index is 2.47. The van der Waals surface area contributed by atoms with Gasteiger partial charge in [0.25, 0.3) is 0 Å². The molecular formula is C62H39N3. The van der Waals surface area contributed by atoms with Crippen LogP contribution in [0.5, 0.6) is 0 Å². The smallest absolute Gasteiger partial charge is 0.0635 e. The van der Waals surface area contributed by atoms with Gasteiger partial charge in [0.05, 0.1) is 33.3 Å². The molecule has 3 nitrogen and oxygen atoms in total. The lowest BCUT2D eigenvalue weighted by atomic mass is 9.92. The van der Waals surface area contributed by atoms with Gasteiger partial charge in [-0.1, -0.05) is 158 Å². The molecule has 3 heterocycles. The van der Waals surface area contributed by atoms with Gasteiger partial charge in [-0.05, 0) is 127 Å². The summed E-state index contributed by atoms with van der Waals surface area (Å²) in [5.74, 6) is 0. The second-order valence-corrected chi connectivity index (χ2v) is 17.3. The Balaban J connectivity index is 1.00. The number of hydrogen-bond acceptors (Lipinski definition) is 0. The largest absolute Gasteiger partial charge is 0.316 e. The van der Waals surface area contributed by atoms with Crippen LogP contribution < -0.4 is 0 Å². The summed E-state index contributed by atoms with van der Waals surface area (Å²) in [5.41, 5.74) is 14.2. The van der Waals surface area contributed by atoms with E-state index in [0.717, 1.165) is 22.6 Å². The number of aromatic nitrogens is 3. The Morgan fingerprint density at radius 2 is 0.769 bits per heavy atom. The third-order valence-corrected chi connectivity index (χ3v) is 13.8. The van der Waals surface area contributed by atoms with Gasteiger partial charge in [0.2, 0.25) is 0 Å². The molecule has 14 rings (SSSR count). The van der Waals surface area contributed by atoms with Crippen molar-refractivity contribution in [3.63, 3.8) is 0 Å². The minimum atomic E-state index is 1.13. The van der Waals surface area contributed by atoms with Crippen molar-refractivity contribution in [1.82, 2.24) is 13.7 Å². The molecule has 0 bridgehead atoms. The fourth-order valence-electron chi connectivity index (χ4n) is 11.0. The molecule has 0 aliphatic rings. The van der Waals surface area contributed by atoms with E-state index >= 15 is 0 Å². The first-order valence-electron chi connectivity index (χ1n) is 22.4. The summed E-state index contributed by atoms with van der Waals surface area (Å²) in [5, 5.41) is 13.9. The van der Waals surface area contributed by atoms with E-state index in [4.69, 9.17) is 0 Å². The second kappa shape index (κ2) is 13.9. The van der Waals surface area contributed by atoms with Gasteiger partial charge in [-0.2, -0.15) is 0 Å². The van der Waals surface area contributed by atoms with Gasteiger partial charge in [-0.3, -0.25) is 0 Å². The number of fused-ring (bicyclic) bond motifs is 14. The third kappa shape index (κ3) is 5.30. The fraction of sp³-hybridized carbons (Fsp3) is 0. The average Bonchev–Trinajstić information content (AvgIpc) is 4.07. The topological polar surface area (TPSA) is 14.8 Å². The van der Waals surface area contributed by atoms with E-state index in [1.807, 2.05) is 0 Å². The number of para-hydroxylation sites is 2. The van der Waals surface area contributed by atoms with Crippen LogP contribution >= 0.6 is 0 Å². The highest BCUT2D eigenvalue weighted by Gasteiger charge is 2.21. The molecule has 3 heteroatoms. The van der Waals surface area contributed by atoms with Gasteiger partial charge in [-0.25, -0.2) is 0 Å². The zero-order chi connectivity index (χ0) is 42.6. The number of rotatable bonds is 5. The third-order valence-electron chi connectivity index (χ3n) is 13.8. The highest BCUT2D eigenvalue weighted by molar-refractivity contribution is 6.26. The van der Waals surface area contributed by atoms with Crippen molar-refractivity contribution in [1.29, 1.82) is 0 Å². The maximum Gasteiger partial charge on any atom is 0.0635 e. The van der Waals surface area contributed by atoms with Crippen molar-refractivity contribution in [2.24, 2.45) is 0 Å². The number of nitrogens with zero attached hydrogens (tertiary/aromatic N) is 3. The first-order chi connectivity index (χ1) is 32.3. The van der Waals surface area contributed by atoms with Crippen molar-refractivity contribution >= 4 is 86.8 Å². The van der Waals surface area contributed by atoms with Gasteiger partial charge in [0.15, 0.2) is 0 Å². The van der Waals surface area contributed by atoms with E-state index in [9.17, 15) is 0 Å². The van der Waals surface area contributed by atoms with Crippen molar-refractivity contribution in [3.8, 4) is 39.3 Å². The monoisotopic (exact) mass is 825 g/mol. The molecule has 0 saturated heterocycles. The molecule has 302 valence electrons. The summed E-state index contributed by atoms with van der Waals surface area (Å²) in [6.07, 6.45) is 2.27. The summed E-state index contributed by atoms with van der Waals surface area (Å²) in [6.45, 7) is 0. The Hall–Kier alpha value is -8.66. The molecule has 14 aromatic rings. The van der Waals surface area contributed by atoms with Crippen LogP contribution in [-0.4, -0.2) is 13.7 Å². The molecule has 11 aromatic carbocycles. The van der Waals surface area contributed by atoms with Crippen LogP contribution in [0.3, 0.4) is 0 Å². The maximum absolute atomic E-state index is 2.47. The summed E-state index contributed by atoms with van der Waals surface area (Å²) in [7, 11) is 0. The van der Waals surface area contributed by atoms with Gasteiger partial charge >= 0.3 is 0 Å². The van der Waals surface area contributed by atoms with Crippen LogP contribution in [0, 0.1) is 0 Å². The zero-order valence-electron chi connectivity index (χ0n) is 35.4. The van der Waals surface area contributed by atoms with Crippen LogP contribution in [-0.2, 0) is 0 Å². The summed E-state index contributed by atoms with van der Waals surface area (Å²) >= 11 is 0. The summed E-state index contributed by atoms with van der Waals surface area (Å²) in [6, 6.07) is 84.7. The highest BCUT2D eigenvalue weighted by atomic mass is 15.0. The first kappa shape index (κ1) is 35.9. The van der Waals surface area contributed by atoms with Crippen molar-refractivity contribution in [3.05, 3.63) is 237 Å². The first-order valence-corrected chi connectivity index (χ1v) is 22.4. The van der Waals surface area contributed by atoms with Crippen LogP contribution in [0.15, 0.2) is 237 Å². The molecule has 0 N–H and O–H groups in total. The molecular weight excluding hydrogens is 787 g/mol. The van der Waals surface area contributed by atoms with Gasteiger partial charge in [0.1, 0.15) is 0 Å². The van der Waals surface area contributed by atoms with E-state index in [1.165, 1.54) is 104 Å². The molecule has 0 fully saturated rings. The Bertz CT molecular complexity index is 4190. The predicted octanol–water partition coefficient (Wildman–Crippen LogP) is 16.6. The van der Waals surface area contributed by atoms with E-state index in [-0.39, 0.29) is 0 Å². The van der Waals surface area contributed by atoms with Crippen LogP contribution in [0.25, 0.3) is 126 Å². The van der Waals surface area contributed by atoms with Crippen molar-refractivity contribution in [2.75, 3.05) is 0 Å². The van der Waals surface area contributed by atoms with Gasteiger partial charge in [0, 0.05) is 44.5 Å². The van der Waals surface area contributed by atoms with E-state index in [1.54, 1.807) is 0 Å². The highest BCUT2D eigenvalue weighted by Crippen LogP contribution is 2.43. The zero-order valence-corrected chi connectivity index (χ0v) is 35.4. The molecule has 0 atom stereocenters. The van der Waals surface area contributed by atoms with Gasteiger partial charge in [-0.15, -0.1) is 0 Å². The molecule has 0 aliphatic heterocycles. The molecule has 3 aromatic heterocycles. The van der Waals surface area contributed by atoms with Crippen LogP contribution in [0.4, 0.5) is 0 Å². The van der Waals surface area contributed by atoms with Crippen LogP contribution in [0.1, 0.15) is 0 Å². The Kier molecular flexibility index (Phi) is 7.69. The normalized spacial score (nSPS) is 12.0. The standard InChI is InChI=1S/C62H39N3/c1-3-15-40(16-4-1)42-30-33-58-55(39-42)61-59(63-36-35-53-56(63)34-32-52-51-25-11-12-26-57(51)65(62(52)53)44-18-5-2-6-19-44)27-14-28-60(61)64(58)45-20-13-17-41(37-45)43-29-31-50-48-23-8-7-21-46(48)47-22-9-10-24-49(47)54(50)38-43/h1-39H. The molecule has 0 aliphatic carbocycles. The lowest BCUT2D eigenvalue weighted by Crippen LogP contribution is -1.96. The van der Waals surface area contributed by atoms with Crippen molar-refractivity contribution < 1.29 is 0 Å². The van der Waals surface area contributed by atoms with Crippen LogP contribution in [0.2, 0.25) is 0 Å². The van der Waals surface area contributed by atoms with E-state index < -0.39 is 0 Å². The SMILES string of the molecule is c1ccc(-c2ccc3c(c2)c2c(-n4ccc5c4ccc4c6ccccc6n(-c6ccccc6)c45)cccc2n3-c2cccc(-c3ccc4c5ccccc5c5ccccc5c4c3)c2)cc1. The average molecular weight is 826 g/mol. The molecule has 65 heavy (non-hydrogen) atoms. The van der Waals surface area contributed by atoms with Crippen molar-refractivity contribution in [2.45, 2.75) is 0 Å². The Labute approximate surface area is 374 Å². The van der Waals surface area contributed by atoms with E-state index in [0.29, 0.717) is 0 Å². The predicted molar refractivity (Wildman–Crippen MR) is 275 cm³/mol. The minimum absolute atomic E-state index is 1.13. The Morgan fingerprint density at radius 3 is 1.55 bits per heavy atom. The summed E-state index contributed by atoms with van der Waals surface area (Å²) < 4.78 is 7.30. The number of benzene rings is 11. The minimum Gasteiger partial charge on any atom is -0.316 e. The molecule has 0 unspecified atom stereocenters. The quantitative estimate of drug-likeness (QED) is 0.154. The molecule has 0 saturated carbocycles. The number of hydrogen-bond donors (Lipinski definition) is 0. The lowest BCUT2D eigenvalue weighted by Gasteiger charge is -2.14. The lowest BCUT2D eigenvalue weighted by molar-refractivity contribution is 1.14. The molecule has 0 amide bonds. The fourth-order valence-corrected chi connectivity index (χ4v) is 11.0. The Morgan fingerprint density at radius 1 is 0.246 bits per heavy atom. The van der Waals surface area contributed by atoms with E-state index in [2.05, 4.69) is 250 Å². The molecule has 0 radical (unpaired) electrons. The second-order valence-electron chi connectivity index (χ2n) is 17.3.